The van der Waals surface area contributed by atoms with Crippen molar-refractivity contribution in [3.63, 3.8) is 0 Å². The summed E-state index contributed by atoms with van der Waals surface area (Å²) in [5, 5.41) is 8.83. The van der Waals surface area contributed by atoms with Gasteiger partial charge in [-0.1, -0.05) is 0 Å². The van der Waals surface area contributed by atoms with E-state index in [0.717, 1.165) is 13.2 Å². The molecule has 0 amide bonds. The quantitative estimate of drug-likeness (QED) is 0.619. The first-order valence-electron chi connectivity index (χ1n) is 4.54. The number of carbonyl (C=O) groups excluding carboxylic acids is 1. The minimum atomic E-state index is -2.81. The Morgan fingerprint density at radius 3 is 2.65 bits per heavy atom. The minimum absolute atomic E-state index is 0.0387. The Balaban J connectivity index is 3.47. The molecule has 0 aliphatic rings. The maximum absolute atomic E-state index is 12.8. The lowest BCUT2D eigenvalue weighted by Crippen LogP contribution is -2.06. The molecular formula is C11H8ClF2NO2. The van der Waals surface area contributed by atoms with Gasteiger partial charge in [0.15, 0.2) is 0 Å². The molecule has 0 saturated carbocycles. The highest BCUT2D eigenvalue weighted by Gasteiger charge is 2.20. The summed E-state index contributed by atoms with van der Waals surface area (Å²) in [5.74, 6) is -0.992. The van der Waals surface area contributed by atoms with Crippen molar-refractivity contribution in [3.05, 3.63) is 34.4 Å². The van der Waals surface area contributed by atoms with Gasteiger partial charge in [-0.05, 0) is 17.7 Å². The van der Waals surface area contributed by atoms with Gasteiger partial charge in [-0.25, -0.2) is 13.6 Å². The Hall–Kier alpha value is -1.67. The van der Waals surface area contributed by atoms with Crippen LogP contribution in [-0.4, -0.2) is 13.1 Å². The number of methoxy groups -OCH3 is 1. The summed E-state index contributed by atoms with van der Waals surface area (Å²) in [6.07, 6.45) is -2.81. The van der Waals surface area contributed by atoms with E-state index in [-0.39, 0.29) is 22.6 Å². The zero-order valence-corrected chi connectivity index (χ0v) is 9.59. The van der Waals surface area contributed by atoms with E-state index in [1.807, 2.05) is 0 Å². The number of benzene rings is 1. The van der Waals surface area contributed by atoms with Crippen LogP contribution in [0.2, 0.25) is 0 Å². The third-order valence-corrected chi connectivity index (χ3v) is 2.46. The summed E-state index contributed by atoms with van der Waals surface area (Å²) in [6.45, 7) is 0. The largest absolute Gasteiger partial charge is 0.465 e. The van der Waals surface area contributed by atoms with E-state index in [0.29, 0.717) is 0 Å². The topological polar surface area (TPSA) is 50.1 Å². The highest BCUT2D eigenvalue weighted by atomic mass is 35.5. The van der Waals surface area contributed by atoms with Crippen LogP contribution in [-0.2, 0) is 10.6 Å². The highest BCUT2D eigenvalue weighted by Crippen LogP contribution is 2.28. The SMILES string of the molecule is COC(=O)c1cc(C#N)c(CCl)c(C(F)F)c1. The predicted octanol–water partition coefficient (Wildman–Crippen LogP) is 3.02. The van der Waals surface area contributed by atoms with Crippen molar-refractivity contribution in [2.75, 3.05) is 7.11 Å². The molecule has 1 rings (SSSR count). The lowest BCUT2D eigenvalue weighted by atomic mass is 9.99. The van der Waals surface area contributed by atoms with E-state index in [9.17, 15) is 13.6 Å². The molecule has 0 radical (unpaired) electrons. The van der Waals surface area contributed by atoms with Gasteiger partial charge < -0.3 is 4.74 Å². The molecule has 1 aromatic rings. The molecule has 0 aromatic heterocycles. The summed E-state index contributed by atoms with van der Waals surface area (Å²) >= 11 is 5.53. The molecule has 0 fully saturated rings. The lowest BCUT2D eigenvalue weighted by molar-refractivity contribution is 0.0600. The Morgan fingerprint density at radius 1 is 1.59 bits per heavy atom. The summed E-state index contributed by atoms with van der Waals surface area (Å²) < 4.78 is 29.9. The standard InChI is InChI=1S/C11H8ClF2NO2/c1-17-11(16)6-2-7(5-15)9(4-12)8(3-6)10(13)14/h2-3,10H,4H2,1H3. The van der Waals surface area contributed by atoms with Crippen LogP contribution < -0.4 is 0 Å². The minimum Gasteiger partial charge on any atom is -0.465 e. The molecule has 90 valence electrons. The molecule has 0 heterocycles. The number of hydrogen-bond acceptors (Lipinski definition) is 3. The number of hydrogen-bond donors (Lipinski definition) is 0. The maximum atomic E-state index is 12.8. The third kappa shape index (κ3) is 2.71. The number of alkyl halides is 3. The molecule has 0 aliphatic carbocycles. The predicted molar refractivity (Wildman–Crippen MR) is 57.0 cm³/mol. The first-order valence-corrected chi connectivity index (χ1v) is 5.08. The molecule has 0 spiro atoms. The van der Waals surface area contributed by atoms with Gasteiger partial charge in [-0.3, -0.25) is 0 Å². The number of halogens is 3. The monoisotopic (exact) mass is 259 g/mol. The van der Waals surface area contributed by atoms with E-state index in [2.05, 4.69) is 4.74 Å². The number of carbonyl (C=O) groups is 1. The van der Waals surface area contributed by atoms with Gasteiger partial charge in [-0.2, -0.15) is 5.26 Å². The van der Waals surface area contributed by atoms with Gasteiger partial charge in [0, 0.05) is 11.4 Å². The molecule has 0 N–H and O–H groups in total. The Morgan fingerprint density at radius 2 is 2.24 bits per heavy atom. The van der Waals surface area contributed by atoms with Crippen molar-refractivity contribution in [2.24, 2.45) is 0 Å². The average Bonchev–Trinajstić information content (AvgIpc) is 2.35. The molecule has 3 nitrogen and oxygen atoms in total. The van der Waals surface area contributed by atoms with Crippen molar-refractivity contribution < 1.29 is 18.3 Å². The van der Waals surface area contributed by atoms with Crippen LogP contribution in [0, 0.1) is 11.3 Å². The molecule has 1 aromatic carbocycles. The van der Waals surface area contributed by atoms with E-state index in [1.165, 1.54) is 6.07 Å². The number of nitriles is 1. The molecule has 0 atom stereocenters. The fourth-order valence-electron chi connectivity index (χ4n) is 1.37. The molecule has 0 aliphatic heterocycles. The third-order valence-electron chi connectivity index (χ3n) is 2.19. The van der Waals surface area contributed by atoms with Crippen molar-refractivity contribution in [3.8, 4) is 6.07 Å². The summed E-state index contributed by atoms with van der Waals surface area (Å²) in [6, 6.07) is 3.92. The van der Waals surface area contributed by atoms with Crippen LogP contribution in [0.1, 0.15) is 33.5 Å². The van der Waals surface area contributed by atoms with Crippen molar-refractivity contribution >= 4 is 17.6 Å². The molecule has 6 heteroatoms. The van der Waals surface area contributed by atoms with Gasteiger partial charge in [0.05, 0.1) is 24.3 Å². The molecule has 0 unspecified atom stereocenters. The van der Waals surface area contributed by atoms with E-state index >= 15 is 0 Å². The van der Waals surface area contributed by atoms with Crippen LogP contribution in [0.15, 0.2) is 12.1 Å². The van der Waals surface area contributed by atoms with E-state index < -0.39 is 18.0 Å². The number of ether oxygens (including phenoxy) is 1. The van der Waals surface area contributed by atoms with Crippen molar-refractivity contribution in [2.45, 2.75) is 12.3 Å². The second-order valence-electron chi connectivity index (χ2n) is 3.13. The lowest BCUT2D eigenvalue weighted by Gasteiger charge is -2.10. The Bertz CT molecular complexity index is 483. The second-order valence-corrected chi connectivity index (χ2v) is 3.40. The molecule has 0 bridgehead atoms. The highest BCUT2D eigenvalue weighted by molar-refractivity contribution is 6.17. The maximum Gasteiger partial charge on any atom is 0.337 e. The summed E-state index contributed by atoms with van der Waals surface area (Å²) in [7, 11) is 1.13. The normalized spacial score (nSPS) is 10.1. The number of rotatable bonds is 3. The first-order chi connectivity index (χ1) is 8.04. The molecule has 0 saturated heterocycles. The fraction of sp³-hybridized carbons (Fsp3) is 0.273. The van der Waals surface area contributed by atoms with Gasteiger partial charge >= 0.3 is 5.97 Å². The summed E-state index contributed by atoms with van der Waals surface area (Å²) in [4.78, 5) is 11.2. The smallest absolute Gasteiger partial charge is 0.337 e. The van der Waals surface area contributed by atoms with E-state index in [1.54, 1.807) is 6.07 Å². The van der Waals surface area contributed by atoms with Gasteiger partial charge in [0.2, 0.25) is 0 Å². The van der Waals surface area contributed by atoms with Crippen LogP contribution in [0.25, 0.3) is 0 Å². The van der Waals surface area contributed by atoms with Crippen molar-refractivity contribution in [1.29, 1.82) is 5.26 Å². The van der Waals surface area contributed by atoms with Crippen molar-refractivity contribution in [1.82, 2.24) is 0 Å². The molecular weight excluding hydrogens is 252 g/mol. The van der Waals surface area contributed by atoms with E-state index in [4.69, 9.17) is 16.9 Å². The van der Waals surface area contributed by atoms with Crippen LogP contribution in [0.4, 0.5) is 8.78 Å². The summed E-state index contributed by atoms with van der Waals surface area (Å²) in [5.41, 5.74) is -0.511. The molecule has 17 heavy (non-hydrogen) atoms. The van der Waals surface area contributed by atoms with Gasteiger partial charge in [0.25, 0.3) is 6.43 Å². The fourth-order valence-corrected chi connectivity index (χ4v) is 1.67. The van der Waals surface area contributed by atoms with Crippen LogP contribution in [0.5, 0.6) is 0 Å². The Kier molecular flexibility index (Phi) is 4.41. The van der Waals surface area contributed by atoms with Gasteiger partial charge in [-0.15, -0.1) is 11.6 Å². The number of nitrogens with zero attached hydrogens (tertiary/aromatic N) is 1. The van der Waals surface area contributed by atoms with Crippen LogP contribution in [0.3, 0.4) is 0 Å². The number of esters is 1. The second kappa shape index (κ2) is 5.60. The average molecular weight is 260 g/mol. The zero-order valence-electron chi connectivity index (χ0n) is 8.84. The van der Waals surface area contributed by atoms with Crippen LogP contribution >= 0.6 is 11.6 Å². The zero-order chi connectivity index (χ0) is 13.0. The first kappa shape index (κ1) is 13.4. The Labute approximate surface area is 102 Å². The van der Waals surface area contributed by atoms with Gasteiger partial charge in [0.1, 0.15) is 0 Å².